The molecule has 4 rings (SSSR count). The van der Waals surface area contributed by atoms with Gasteiger partial charge in [-0.05, 0) is 22.6 Å². The largest absolute Gasteiger partial charge is 0.380 e. The van der Waals surface area contributed by atoms with E-state index < -0.39 is 5.60 Å². The summed E-state index contributed by atoms with van der Waals surface area (Å²) in [6.45, 7) is 2.31. The van der Waals surface area contributed by atoms with Gasteiger partial charge in [-0.15, -0.1) is 23.1 Å². The molecule has 1 atom stereocenters. The van der Waals surface area contributed by atoms with E-state index in [4.69, 9.17) is 0 Å². The number of rotatable bonds is 1. The van der Waals surface area contributed by atoms with Crippen LogP contribution in [0.25, 0.3) is 0 Å². The predicted molar refractivity (Wildman–Crippen MR) is 92.7 cm³/mol. The lowest BCUT2D eigenvalue weighted by molar-refractivity contribution is -0.886. The number of nitrogens with one attached hydrogen (secondary N) is 1. The van der Waals surface area contributed by atoms with Crippen LogP contribution in [0.2, 0.25) is 0 Å². The molecule has 4 heteroatoms. The fraction of sp³-hybridized carbons (Fsp3) is 0.444. The molecule has 2 aliphatic heterocycles. The van der Waals surface area contributed by atoms with E-state index in [1.807, 2.05) is 11.8 Å². The molecule has 1 aromatic heterocycles. The Morgan fingerprint density at radius 3 is 2.73 bits per heavy atom. The van der Waals surface area contributed by atoms with Gasteiger partial charge in [-0.3, -0.25) is 0 Å². The highest BCUT2D eigenvalue weighted by molar-refractivity contribution is 8.00. The van der Waals surface area contributed by atoms with Crippen LogP contribution in [0.15, 0.2) is 39.9 Å². The summed E-state index contributed by atoms with van der Waals surface area (Å²) in [5.41, 5.74) is 2.78. The van der Waals surface area contributed by atoms with E-state index in [-0.39, 0.29) is 0 Å². The Morgan fingerprint density at radius 1 is 1.14 bits per heavy atom. The number of fused-ring (bicyclic) bond motifs is 2. The van der Waals surface area contributed by atoms with E-state index in [0.29, 0.717) is 5.92 Å². The number of likely N-dealkylation sites (tertiary alicyclic amines) is 1. The van der Waals surface area contributed by atoms with Crippen molar-refractivity contribution in [3.63, 3.8) is 0 Å². The molecule has 1 aromatic carbocycles. The fourth-order valence-electron chi connectivity index (χ4n) is 3.96. The molecule has 0 radical (unpaired) electrons. The van der Waals surface area contributed by atoms with Crippen molar-refractivity contribution in [3.8, 4) is 0 Å². The molecule has 2 aromatic rings. The second-order valence-electron chi connectivity index (χ2n) is 6.57. The monoisotopic (exact) mass is 332 g/mol. The van der Waals surface area contributed by atoms with Gasteiger partial charge in [-0.25, -0.2) is 0 Å². The van der Waals surface area contributed by atoms with Gasteiger partial charge in [0.15, 0.2) is 0 Å². The average Bonchev–Trinajstić information content (AvgIpc) is 2.98. The zero-order valence-electron chi connectivity index (χ0n) is 12.8. The predicted octanol–water partition coefficient (Wildman–Crippen LogP) is 2.51. The molecule has 0 bridgehead atoms. The standard InChI is InChI=1S/C18H21NOS2/c1-19-9-6-14(7-10-19)18(20)15-5-3-2-4-13(15)12-22-17-16(18)8-11-21-17/h2-5,8,11,14,20H,6-7,9-10,12H2,1H3/p+1/t18-/m1/s1. The smallest absolute Gasteiger partial charge is 0.120 e. The van der Waals surface area contributed by atoms with Gasteiger partial charge in [0.05, 0.1) is 24.3 Å². The second kappa shape index (κ2) is 5.68. The molecule has 22 heavy (non-hydrogen) atoms. The van der Waals surface area contributed by atoms with E-state index >= 15 is 0 Å². The van der Waals surface area contributed by atoms with Crippen molar-refractivity contribution in [1.29, 1.82) is 0 Å². The van der Waals surface area contributed by atoms with Crippen LogP contribution in [0.3, 0.4) is 0 Å². The van der Waals surface area contributed by atoms with E-state index in [1.54, 1.807) is 16.2 Å². The van der Waals surface area contributed by atoms with Gasteiger partial charge in [0, 0.05) is 30.1 Å². The summed E-state index contributed by atoms with van der Waals surface area (Å²) in [4.78, 5) is 1.58. The van der Waals surface area contributed by atoms with Gasteiger partial charge in [0.25, 0.3) is 0 Å². The van der Waals surface area contributed by atoms with Crippen molar-refractivity contribution in [2.45, 2.75) is 28.4 Å². The highest BCUT2D eigenvalue weighted by Gasteiger charge is 2.46. The first kappa shape index (κ1) is 14.8. The molecule has 2 aliphatic rings. The Kier molecular flexibility index (Phi) is 3.81. The minimum absolute atomic E-state index is 0.324. The van der Waals surface area contributed by atoms with Crippen molar-refractivity contribution >= 4 is 23.1 Å². The highest BCUT2D eigenvalue weighted by atomic mass is 32.2. The maximum atomic E-state index is 11.9. The molecule has 1 fully saturated rings. The van der Waals surface area contributed by atoms with Gasteiger partial charge in [-0.1, -0.05) is 24.3 Å². The lowest BCUT2D eigenvalue weighted by atomic mass is 9.71. The molecular formula is C18H22NOS2+. The van der Waals surface area contributed by atoms with E-state index in [1.165, 1.54) is 9.77 Å². The SMILES string of the molecule is C[NH+]1CCC([C@@]2(O)c3ccccc3CSc3sccc32)CC1. The molecule has 0 spiro atoms. The Balaban J connectivity index is 1.86. The van der Waals surface area contributed by atoms with Crippen LogP contribution in [0.1, 0.15) is 29.5 Å². The van der Waals surface area contributed by atoms with Gasteiger partial charge >= 0.3 is 0 Å². The summed E-state index contributed by atoms with van der Waals surface area (Å²) in [6, 6.07) is 10.7. The second-order valence-corrected chi connectivity index (χ2v) is 8.73. The lowest BCUT2D eigenvalue weighted by Gasteiger charge is -2.40. The van der Waals surface area contributed by atoms with Crippen molar-refractivity contribution in [2.75, 3.05) is 20.1 Å². The summed E-state index contributed by atoms with van der Waals surface area (Å²) < 4.78 is 1.30. The first-order chi connectivity index (χ1) is 10.7. The number of aliphatic hydroxyl groups is 1. The summed E-state index contributed by atoms with van der Waals surface area (Å²) in [5.74, 6) is 1.29. The number of quaternary nitrogens is 1. The lowest BCUT2D eigenvalue weighted by Crippen LogP contribution is -3.10. The van der Waals surface area contributed by atoms with Crippen molar-refractivity contribution in [2.24, 2.45) is 5.92 Å². The van der Waals surface area contributed by atoms with Crippen LogP contribution in [0.4, 0.5) is 0 Å². The Hall–Kier alpha value is -0.810. The molecule has 0 unspecified atom stereocenters. The van der Waals surface area contributed by atoms with Crippen LogP contribution in [-0.2, 0) is 11.4 Å². The molecule has 2 nitrogen and oxygen atoms in total. The Morgan fingerprint density at radius 2 is 1.91 bits per heavy atom. The van der Waals surface area contributed by atoms with Gasteiger partial charge in [0.2, 0.25) is 0 Å². The first-order valence-electron chi connectivity index (χ1n) is 8.02. The Bertz CT molecular complexity index is 675. The summed E-state index contributed by atoms with van der Waals surface area (Å²) in [6.07, 6.45) is 2.19. The number of thiophene rings is 1. The number of piperidine rings is 1. The van der Waals surface area contributed by atoms with Crippen LogP contribution in [0.5, 0.6) is 0 Å². The number of thioether (sulfide) groups is 1. The fourth-order valence-corrected chi connectivity index (χ4v) is 6.18. The van der Waals surface area contributed by atoms with Gasteiger partial charge < -0.3 is 10.0 Å². The molecule has 0 amide bonds. The third-order valence-corrected chi connectivity index (χ3v) is 7.54. The minimum Gasteiger partial charge on any atom is -0.380 e. The zero-order chi connectivity index (χ0) is 15.2. The maximum absolute atomic E-state index is 11.9. The molecule has 3 heterocycles. The van der Waals surface area contributed by atoms with E-state index in [9.17, 15) is 5.11 Å². The van der Waals surface area contributed by atoms with Crippen LogP contribution in [-0.4, -0.2) is 25.2 Å². The summed E-state index contributed by atoms with van der Waals surface area (Å²) in [7, 11) is 2.26. The van der Waals surface area contributed by atoms with E-state index in [0.717, 1.165) is 42.8 Å². The normalized spacial score (nSPS) is 31.2. The van der Waals surface area contributed by atoms with Crippen LogP contribution >= 0.6 is 23.1 Å². The number of hydrogen-bond donors (Lipinski definition) is 2. The molecule has 0 aliphatic carbocycles. The molecular weight excluding hydrogens is 310 g/mol. The third-order valence-electron chi connectivity index (χ3n) is 5.26. The van der Waals surface area contributed by atoms with Crippen molar-refractivity contribution in [1.82, 2.24) is 0 Å². The zero-order valence-corrected chi connectivity index (χ0v) is 14.5. The van der Waals surface area contributed by atoms with Gasteiger partial charge in [-0.2, -0.15) is 0 Å². The summed E-state index contributed by atoms with van der Waals surface area (Å²) in [5, 5.41) is 14.1. The van der Waals surface area contributed by atoms with Crippen molar-refractivity contribution in [3.05, 3.63) is 52.4 Å². The van der Waals surface area contributed by atoms with Gasteiger partial charge in [0.1, 0.15) is 5.60 Å². The number of hydrogen-bond acceptors (Lipinski definition) is 3. The Labute approximate surface area is 140 Å². The third kappa shape index (κ3) is 2.24. The van der Waals surface area contributed by atoms with E-state index in [2.05, 4.69) is 42.8 Å². The quantitative estimate of drug-likeness (QED) is 0.839. The molecule has 116 valence electrons. The summed E-state index contributed by atoms with van der Waals surface area (Å²) >= 11 is 3.65. The minimum atomic E-state index is -0.809. The highest BCUT2D eigenvalue weighted by Crippen LogP contribution is 2.50. The maximum Gasteiger partial charge on any atom is 0.120 e. The van der Waals surface area contributed by atoms with Crippen LogP contribution in [0, 0.1) is 5.92 Å². The van der Waals surface area contributed by atoms with Crippen molar-refractivity contribution < 1.29 is 10.0 Å². The number of benzene rings is 1. The molecule has 0 saturated carbocycles. The average molecular weight is 333 g/mol. The molecule has 2 N–H and O–H groups in total. The molecule has 1 saturated heterocycles. The van der Waals surface area contributed by atoms with Crippen LogP contribution < -0.4 is 4.90 Å². The topological polar surface area (TPSA) is 24.7 Å². The first-order valence-corrected chi connectivity index (χ1v) is 9.89.